The number of alkyl halides is 3. The SMILES string of the molecule is COc1cc(C(F)(F)F)ccc1[C@@H](N)[C@@H](O)C(C)C. The Morgan fingerprint density at radius 1 is 1.26 bits per heavy atom. The maximum Gasteiger partial charge on any atom is 0.416 e. The number of benzene rings is 1. The lowest BCUT2D eigenvalue weighted by Crippen LogP contribution is -2.30. The fourth-order valence-electron chi connectivity index (χ4n) is 1.76. The molecule has 3 N–H and O–H groups in total. The lowest BCUT2D eigenvalue weighted by Gasteiger charge is -2.24. The second-order valence-electron chi connectivity index (χ2n) is 4.71. The van der Waals surface area contributed by atoms with Crippen LogP contribution in [0.2, 0.25) is 0 Å². The molecule has 0 aliphatic carbocycles. The van der Waals surface area contributed by atoms with Crippen molar-refractivity contribution >= 4 is 0 Å². The smallest absolute Gasteiger partial charge is 0.416 e. The molecule has 0 aliphatic heterocycles. The molecule has 0 aliphatic rings. The number of methoxy groups -OCH3 is 1. The molecule has 0 saturated heterocycles. The van der Waals surface area contributed by atoms with Gasteiger partial charge in [0.25, 0.3) is 0 Å². The zero-order valence-electron chi connectivity index (χ0n) is 11.0. The number of hydrogen-bond donors (Lipinski definition) is 2. The molecule has 0 heterocycles. The van der Waals surface area contributed by atoms with Crippen LogP contribution in [-0.4, -0.2) is 18.3 Å². The van der Waals surface area contributed by atoms with Gasteiger partial charge in [0.2, 0.25) is 0 Å². The van der Waals surface area contributed by atoms with E-state index in [0.717, 1.165) is 12.1 Å². The van der Waals surface area contributed by atoms with Gasteiger partial charge in [-0.25, -0.2) is 0 Å². The first-order valence-corrected chi connectivity index (χ1v) is 5.87. The van der Waals surface area contributed by atoms with E-state index in [2.05, 4.69) is 0 Å². The Balaban J connectivity index is 3.16. The number of ether oxygens (including phenoxy) is 1. The van der Waals surface area contributed by atoms with Crippen LogP contribution < -0.4 is 10.5 Å². The highest BCUT2D eigenvalue weighted by Crippen LogP contribution is 2.35. The molecule has 19 heavy (non-hydrogen) atoms. The van der Waals surface area contributed by atoms with Gasteiger partial charge < -0.3 is 15.6 Å². The molecular weight excluding hydrogens is 259 g/mol. The lowest BCUT2D eigenvalue weighted by atomic mass is 9.93. The Kier molecular flexibility index (Phi) is 4.81. The van der Waals surface area contributed by atoms with Crippen molar-refractivity contribution in [1.29, 1.82) is 0 Å². The second-order valence-corrected chi connectivity index (χ2v) is 4.71. The third-order valence-corrected chi connectivity index (χ3v) is 2.97. The summed E-state index contributed by atoms with van der Waals surface area (Å²) >= 11 is 0. The molecule has 0 spiro atoms. The summed E-state index contributed by atoms with van der Waals surface area (Å²) in [5, 5.41) is 9.89. The monoisotopic (exact) mass is 277 g/mol. The van der Waals surface area contributed by atoms with Gasteiger partial charge in [0, 0.05) is 5.56 Å². The number of aliphatic hydroxyl groups excluding tert-OH is 1. The van der Waals surface area contributed by atoms with Crippen LogP contribution in [0.4, 0.5) is 13.2 Å². The Morgan fingerprint density at radius 2 is 1.84 bits per heavy atom. The normalized spacial score (nSPS) is 15.4. The molecule has 0 radical (unpaired) electrons. The van der Waals surface area contributed by atoms with E-state index in [1.54, 1.807) is 13.8 Å². The summed E-state index contributed by atoms with van der Waals surface area (Å²) in [4.78, 5) is 0. The van der Waals surface area contributed by atoms with Crippen molar-refractivity contribution in [2.45, 2.75) is 32.2 Å². The Bertz CT molecular complexity index is 432. The van der Waals surface area contributed by atoms with Crippen molar-refractivity contribution in [1.82, 2.24) is 0 Å². The van der Waals surface area contributed by atoms with Crippen LogP contribution in [0.15, 0.2) is 18.2 Å². The van der Waals surface area contributed by atoms with Crippen molar-refractivity contribution in [3.8, 4) is 5.75 Å². The van der Waals surface area contributed by atoms with Crippen molar-refractivity contribution in [3.05, 3.63) is 29.3 Å². The minimum atomic E-state index is -4.44. The topological polar surface area (TPSA) is 55.5 Å². The van der Waals surface area contributed by atoms with E-state index >= 15 is 0 Å². The van der Waals surface area contributed by atoms with Gasteiger partial charge in [-0.1, -0.05) is 19.9 Å². The molecule has 1 aromatic carbocycles. The predicted molar refractivity (Wildman–Crippen MR) is 65.8 cm³/mol. The quantitative estimate of drug-likeness (QED) is 0.889. The van der Waals surface area contributed by atoms with Crippen molar-refractivity contribution in [2.24, 2.45) is 11.7 Å². The highest BCUT2D eigenvalue weighted by molar-refractivity contribution is 5.41. The van der Waals surface area contributed by atoms with Crippen LogP contribution in [0.25, 0.3) is 0 Å². The molecule has 108 valence electrons. The molecule has 0 amide bonds. The zero-order valence-corrected chi connectivity index (χ0v) is 11.0. The van der Waals surface area contributed by atoms with Crippen LogP contribution in [0, 0.1) is 5.92 Å². The van der Waals surface area contributed by atoms with Gasteiger partial charge in [-0.15, -0.1) is 0 Å². The van der Waals surface area contributed by atoms with Crippen molar-refractivity contribution in [3.63, 3.8) is 0 Å². The molecule has 0 bridgehead atoms. The lowest BCUT2D eigenvalue weighted by molar-refractivity contribution is -0.137. The number of nitrogens with two attached hydrogens (primary N) is 1. The number of rotatable bonds is 4. The molecule has 0 unspecified atom stereocenters. The van der Waals surface area contributed by atoms with Crippen LogP contribution in [0.3, 0.4) is 0 Å². The average molecular weight is 277 g/mol. The minimum Gasteiger partial charge on any atom is -0.496 e. The van der Waals surface area contributed by atoms with Gasteiger partial charge in [0.1, 0.15) is 5.75 Å². The largest absolute Gasteiger partial charge is 0.496 e. The summed E-state index contributed by atoms with van der Waals surface area (Å²) in [5.74, 6) is -0.0796. The van der Waals surface area contributed by atoms with Gasteiger partial charge in [-0.2, -0.15) is 13.2 Å². The molecule has 0 fully saturated rings. The first kappa shape index (κ1) is 15.8. The van der Waals surface area contributed by atoms with Gasteiger partial charge in [0.15, 0.2) is 0 Å². The molecule has 2 atom stereocenters. The third kappa shape index (κ3) is 3.61. The standard InChI is InChI=1S/C13H18F3NO2/c1-7(2)12(18)11(17)9-5-4-8(13(14,15)16)6-10(9)19-3/h4-7,11-12,18H,17H2,1-3H3/t11-,12+/m1/s1. The molecular formula is C13H18F3NO2. The summed E-state index contributed by atoms with van der Waals surface area (Å²) in [5.41, 5.74) is 5.42. The molecule has 0 saturated carbocycles. The van der Waals surface area contributed by atoms with E-state index in [4.69, 9.17) is 10.5 Å². The maximum absolute atomic E-state index is 12.6. The number of hydrogen-bond acceptors (Lipinski definition) is 3. The van der Waals surface area contributed by atoms with Crippen LogP contribution in [0.1, 0.15) is 31.0 Å². The Labute approximate surface area is 110 Å². The van der Waals surface area contributed by atoms with Crippen molar-refractivity contribution in [2.75, 3.05) is 7.11 Å². The van der Waals surface area contributed by atoms with E-state index in [-0.39, 0.29) is 11.7 Å². The second kappa shape index (κ2) is 5.79. The average Bonchev–Trinajstić information content (AvgIpc) is 2.34. The first-order valence-electron chi connectivity index (χ1n) is 5.87. The zero-order chi connectivity index (χ0) is 14.8. The Hall–Kier alpha value is -1.27. The summed E-state index contributed by atoms with van der Waals surface area (Å²) in [6.45, 7) is 3.56. The maximum atomic E-state index is 12.6. The molecule has 0 aromatic heterocycles. The number of halogens is 3. The molecule has 3 nitrogen and oxygen atoms in total. The summed E-state index contributed by atoms with van der Waals surface area (Å²) < 4.78 is 42.7. The van der Waals surface area contributed by atoms with Crippen LogP contribution >= 0.6 is 0 Å². The Morgan fingerprint density at radius 3 is 2.26 bits per heavy atom. The summed E-state index contributed by atoms with van der Waals surface area (Å²) in [6.07, 6.45) is -5.29. The fourth-order valence-corrected chi connectivity index (χ4v) is 1.76. The van der Waals surface area contributed by atoms with Gasteiger partial charge in [-0.3, -0.25) is 0 Å². The minimum absolute atomic E-state index is 0.0297. The number of aliphatic hydroxyl groups is 1. The fraction of sp³-hybridized carbons (Fsp3) is 0.538. The predicted octanol–water partition coefficient (Wildman–Crippen LogP) is 2.73. The summed E-state index contributed by atoms with van der Waals surface area (Å²) in [7, 11) is 1.27. The van der Waals surface area contributed by atoms with Crippen LogP contribution in [-0.2, 0) is 6.18 Å². The molecule has 1 rings (SSSR count). The van der Waals surface area contributed by atoms with E-state index in [1.807, 2.05) is 0 Å². The van der Waals surface area contributed by atoms with Crippen molar-refractivity contribution < 1.29 is 23.0 Å². The molecule has 1 aromatic rings. The van der Waals surface area contributed by atoms with Gasteiger partial charge in [-0.05, 0) is 18.1 Å². The molecule has 6 heteroatoms. The highest BCUT2D eigenvalue weighted by atomic mass is 19.4. The highest BCUT2D eigenvalue weighted by Gasteiger charge is 2.32. The van der Waals surface area contributed by atoms with E-state index in [1.165, 1.54) is 13.2 Å². The third-order valence-electron chi connectivity index (χ3n) is 2.97. The van der Waals surface area contributed by atoms with Crippen LogP contribution in [0.5, 0.6) is 5.75 Å². The van der Waals surface area contributed by atoms with Gasteiger partial charge in [0.05, 0.1) is 24.8 Å². The van der Waals surface area contributed by atoms with E-state index < -0.39 is 23.9 Å². The summed E-state index contributed by atoms with van der Waals surface area (Å²) in [6, 6.07) is 2.28. The van der Waals surface area contributed by atoms with Gasteiger partial charge >= 0.3 is 6.18 Å². The first-order chi connectivity index (χ1) is 8.68. The van der Waals surface area contributed by atoms with E-state index in [0.29, 0.717) is 5.56 Å². The van der Waals surface area contributed by atoms with E-state index in [9.17, 15) is 18.3 Å².